The van der Waals surface area contributed by atoms with E-state index in [2.05, 4.69) is 4.18 Å². The number of hydrogen-bond donors (Lipinski definition) is 1. The zero-order valence-corrected chi connectivity index (χ0v) is 6.26. The van der Waals surface area contributed by atoms with Crippen molar-refractivity contribution in [1.82, 2.24) is 0 Å². The molecule has 0 aliphatic rings. The summed E-state index contributed by atoms with van der Waals surface area (Å²) < 4.78 is 31.1. The summed E-state index contributed by atoms with van der Waals surface area (Å²) in [7, 11) is -4.35. The van der Waals surface area contributed by atoms with Crippen molar-refractivity contribution in [2.45, 2.75) is 6.42 Å². The number of rotatable bonds is 3. The van der Waals surface area contributed by atoms with E-state index >= 15 is 0 Å². The fourth-order valence-electron chi connectivity index (χ4n) is 0.193. The Bertz CT molecular complexity index is 210. The molecule has 0 bridgehead atoms. The first-order chi connectivity index (χ1) is 4.06. The van der Waals surface area contributed by atoms with Gasteiger partial charge < -0.3 is 1.43 Å². The smallest absolute Gasteiger partial charge is 1.00 e. The summed E-state index contributed by atoms with van der Waals surface area (Å²) in [5.41, 5.74) is 0. The summed E-state index contributed by atoms with van der Waals surface area (Å²) in [6.45, 7) is -0.296. The predicted octanol–water partition coefficient (Wildman–Crippen LogP) is -3.16. The van der Waals surface area contributed by atoms with Crippen LogP contribution in [0.2, 0.25) is 0 Å². The van der Waals surface area contributed by atoms with Gasteiger partial charge in [-0.3, -0.25) is 4.55 Å². The van der Waals surface area contributed by atoms with E-state index in [-0.39, 0.29) is 33.3 Å². The first-order valence-electron chi connectivity index (χ1n) is 2.05. The maximum atomic E-state index is 9.73. The second kappa shape index (κ2) is 5.72. The molecule has 0 fully saturated rings. The SMILES string of the molecule is N#CCCOS(=O)(=O)O.[H-].[Li+]. The van der Waals surface area contributed by atoms with Crippen LogP contribution in [-0.2, 0) is 14.6 Å². The molecule has 0 aliphatic heterocycles. The summed E-state index contributed by atoms with van der Waals surface area (Å²) >= 11 is 0. The van der Waals surface area contributed by atoms with E-state index in [4.69, 9.17) is 9.81 Å². The van der Waals surface area contributed by atoms with Crippen LogP contribution in [0, 0.1) is 11.3 Å². The Morgan fingerprint density at radius 2 is 2.20 bits per heavy atom. The summed E-state index contributed by atoms with van der Waals surface area (Å²) in [6, 6.07) is 1.64. The molecule has 10 heavy (non-hydrogen) atoms. The third-order valence-corrected chi connectivity index (χ3v) is 0.911. The predicted molar refractivity (Wildman–Crippen MR) is 28.8 cm³/mol. The van der Waals surface area contributed by atoms with Crippen LogP contribution in [0.15, 0.2) is 0 Å². The standard InChI is InChI=1S/C3H5NO4S.Li.H/c4-2-1-3-8-9(5,6)7;;/h1,3H2,(H,5,6,7);;/q;+1;-1. The molecule has 0 saturated heterocycles. The van der Waals surface area contributed by atoms with E-state index in [0.717, 1.165) is 0 Å². The van der Waals surface area contributed by atoms with Crippen LogP contribution in [-0.4, -0.2) is 19.6 Å². The maximum Gasteiger partial charge on any atom is 1.00 e. The molecule has 0 aliphatic carbocycles. The molecule has 0 aromatic carbocycles. The van der Waals surface area contributed by atoms with Crippen molar-refractivity contribution >= 4 is 10.4 Å². The first-order valence-corrected chi connectivity index (χ1v) is 3.41. The van der Waals surface area contributed by atoms with Gasteiger partial charge in [-0.2, -0.15) is 13.7 Å². The Labute approximate surface area is 72.6 Å². The normalized spacial score (nSPS) is 9.60. The molecule has 0 aromatic heterocycles. The van der Waals surface area contributed by atoms with E-state index in [1.165, 1.54) is 0 Å². The van der Waals surface area contributed by atoms with Gasteiger partial charge in [-0.1, -0.05) is 0 Å². The number of nitriles is 1. The van der Waals surface area contributed by atoms with Crippen LogP contribution < -0.4 is 18.9 Å². The van der Waals surface area contributed by atoms with E-state index < -0.39 is 10.4 Å². The Hall–Kier alpha value is -0.0426. The summed E-state index contributed by atoms with van der Waals surface area (Å²) in [5.74, 6) is 0. The molecular formula is C3H6LiNO4S. The molecule has 0 saturated carbocycles. The zero-order chi connectivity index (χ0) is 7.33. The van der Waals surface area contributed by atoms with E-state index in [0.29, 0.717) is 0 Å². The molecule has 0 radical (unpaired) electrons. The fourth-order valence-corrected chi connectivity index (χ4v) is 0.487. The minimum atomic E-state index is -4.35. The molecule has 7 heteroatoms. The number of nitrogens with zero attached hydrogens (tertiary/aromatic N) is 1. The van der Waals surface area contributed by atoms with Gasteiger partial charge in [-0.15, -0.1) is 0 Å². The second-order valence-electron chi connectivity index (χ2n) is 1.16. The molecule has 0 rings (SSSR count). The molecule has 5 nitrogen and oxygen atoms in total. The Morgan fingerprint density at radius 1 is 1.70 bits per heavy atom. The molecule has 0 spiro atoms. The van der Waals surface area contributed by atoms with Gasteiger partial charge in [0.1, 0.15) is 0 Å². The third-order valence-electron chi connectivity index (χ3n) is 0.446. The molecule has 54 valence electrons. The fraction of sp³-hybridized carbons (Fsp3) is 0.667. The van der Waals surface area contributed by atoms with E-state index in [1.807, 2.05) is 0 Å². The van der Waals surface area contributed by atoms with Gasteiger partial charge in [0, 0.05) is 0 Å². The molecule has 0 unspecified atom stereocenters. The molecule has 1 N–H and O–H groups in total. The molecule has 0 aromatic rings. The van der Waals surface area contributed by atoms with Gasteiger partial charge in [0.2, 0.25) is 0 Å². The Morgan fingerprint density at radius 3 is 2.50 bits per heavy atom. The van der Waals surface area contributed by atoms with Crippen molar-refractivity contribution in [1.29, 1.82) is 5.26 Å². The molecule has 0 amide bonds. The monoisotopic (exact) mass is 159 g/mol. The Kier molecular flexibility index (Phi) is 7.22. The van der Waals surface area contributed by atoms with Crippen molar-refractivity contribution in [2.24, 2.45) is 0 Å². The average molecular weight is 159 g/mol. The maximum absolute atomic E-state index is 9.73. The largest absolute Gasteiger partial charge is 1.00 e. The minimum Gasteiger partial charge on any atom is -1.00 e. The summed E-state index contributed by atoms with van der Waals surface area (Å²) in [5, 5.41) is 7.86. The van der Waals surface area contributed by atoms with Gasteiger partial charge >= 0.3 is 29.3 Å². The van der Waals surface area contributed by atoms with Crippen LogP contribution in [0.4, 0.5) is 0 Å². The van der Waals surface area contributed by atoms with Crippen molar-refractivity contribution in [3.05, 3.63) is 0 Å². The number of hydrogen-bond acceptors (Lipinski definition) is 4. The van der Waals surface area contributed by atoms with Gasteiger partial charge in [0.15, 0.2) is 0 Å². The second-order valence-corrected chi connectivity index (χ2v) is 2.25. The quantitative estimate of drug-likeness (QED) is 0.267. The van der Waals surface area contributed by atoms with Gasteiger partial charge in [-0.25, -0.2) is 4.18 Å². The molecule has 0 atom stereocenters. The van der Waals surface area contributed by atoms with Crippen molar-refractivity contribution in [3.8, 4) is 6.07 Å². The van der Waals surface area contributed by atoms with Crippen molar-refractivity contribution < 1.29 is 37.4 Å². The molecular weight excluding hydrogens is 153 g/mol. The third kappa shape index (κ3) is 10.9. The van der Waals surface area contributed by atoms with E-state index in [9.17, 15) is 8.42 Å². The topological polar surface area (TPSA) is 87.4 Å². The summed E-state index contributed by atoms with van der Waals surface area (Å²) in [4.78, 5) is 0. The van der Waals surface area contributed by atoms with Crippen LogP contribution in [0.3, 0.4) is 0 Å². The molecule has 0 heterocycles. The van der Waals surface area contributed by atoms with Crippen LogP contribution in [0.1, 0.15) is 7.85 Å². The Balaban J connectivity index is -0.000000320. The minimum absolute atomic E-state index is 0. The van der Waals surface area contributed by atoms with Gasteiger partial charge in [0.25, 0.3) is 0 Å². The summed E-state index contributed by atoms with van der Waals surface area (Å²) in [6.07, 6.45) is -0.0558. The van der Waals surface area contributed by atoms with Crippen LogP contribution in [0.25, 0.3) is 0 Å². The average Bonchev–Trinajstić information content (AvgIpc) is 1.63. The van der Waals surface area contributed by atoms with Crippen LogP contribution in [0.5, 0.6) is 0 Å². The van der Waals surface area contributed by atoms with E-state index in [1.54, 1.807) is 6.07 Å². The van der Waals surface area contributed by atoms with Gasteiger partial charge in [0.05, 0.1) is 19.1 Å². The first kappa shape index (κ1) is 12.6. The zero-order valence-electron chi connectivity index (χ0n) is 6.44. The van der Waals surface area contributed by atoms with Crippen molar-refractivity contribution in [2.75, 3.05) is 6.61 Å². The van der Waals surface area contributed by atoms with Crippen molar-refractivity contribution in [3.63, 3.8) is 0 Å². The van der Waals surface area contributed by atoms with Crippen LogP contribution >= 0.6 is 0 Å². The van der Waals surface area contributed by atoms with Gasteiger partial charge in [-0.05, 0) is 0 Å².